The summed E-state index contributed by atoms with van der Waals surface area (Å²) in [4.78, 5) is 3.40. The molecule has 1 saturated heterocycles. The van der Waals surface area contributed by atoms with Crippen molar-refractivity contribution in [2.45, 2.75) is 40.4 Å². The van der Waals surface area contributed by atoms with Crippen LogP contribution in [0.5, 0.6) is 0 Å². The molecule has 0 bridgehead atoms. The zero-order chi connectivity index (χ0) is 12.6. The van der Waals surface area contributed by atoms with E-state index in [-0.39, 0.29) is 11.7 Å². The Hall–Kier alpha value is -0.0700. The Morgan fingerprint density at radius 2 is 1.94 bits per heavy atom. The normalized spacial score (nSPS) is 20.8. The molecule has 0 spiro atoms. The third-order valence-corrected chi connectivity index (χ3v) is 4.27. The third-order valence-electron chi connectivity index (χ3n) is 3.19. The van der Waals surface area contributed by atoms with Crippen molar-refractivity contribution in [1.82, 2.24) is 4.98 Å². The first-order valence-corrected chi connectivity index (χ1v) is 7.12. The summed E-state index contributed by atoms with van der Waals surface area (Å²) >= 11 is 2.33. The Morgan fingerprint density at radius 3 is 2.47 bits per heavy atom. The Bertz CT molecular complexity index is 402. The molecule has 0 atom stereocenters. The number of hydrogen-bond acceptors (Lipinski definition) is 2. The van der Waals surface area contributed by atoms with E-state index >= 15 is 0 Å². The lowest BCUT2D eigenvalue weighted by Crippen LogP contribution is -2.34. The molecular formula is C13H20INO2. The number of rotatable bonds is 2. The van der Waals surface area contributed by atoms with Crippen LogP contribution in [0.15, 0.2) is 0 Å². The van der Waals surface area contributed by atoms with Gasteiger partial charge < -0.3 is 14.5 Å². The summed E-state index contributed by atoms with van der Waals surface area (Å²) in [6, 6.07) is 0. The van der Waals surface area contributed by atoms with Crippen LogP contribution in [0.3, 0.4) is 0 Å². The number of ether oxygens (including phenoxy) is 2. The summed E-state index contributed by atoms with van der Waals surface area (Å²) in [6.45, 7) is 10.1. The highest BCUT2D eigenvalue weighted by atomic mass is 127. The van der Waals surface area contributed by atoms with Crippen LogP contribution in [-0.4, -0.2) is 18.2 Å². The van der Waals surface area contributed by atoms with Gasteiger partial charge in [-0.15, -0.1) is 0 Å². The first-order valence-electron chi connectivity index (χ1n) is 6.04. The molecule has 1 aliphatic rings. The predicted molar refractivity (Wildman–Crippen MR) is 76.1 cm³/mol. The van der Waals surface area contributed by atoms with Crippen molar-refractivity contribution in [3.8, 4) is 0 Å². The Morgan fingerprint density at radius 1 is 1.35 bits per heavy atom. The lowest BCUT2D eigenvalue weighted by Gasteiger charge is -2.34. The molecule has 0 unspecified atom stereocenters. The number of halogens is 1. The van der Waals surface area contributed by atoms with E-state index in [1.807, 2.05) is 0 Å². The minimum atomic E-state index is -0.222. The fourth-order valence-corrected chi connectivity index (χ4v) is 2.75. The van der Waals surface area contributed by atoms with E-state index in [4.69, 9.17) is 9.47 Å². The van der Waals surface area contributed by atoms with Gasteiger partial charge in [-0.05, 0) is 47.1 Å². The number of aromatic amines is 1. The van der Waals surface area contributed by atoms with Crippen molar-refractivity contribution in [3.63, 3.8) is 0 Å². The van der Waals surface area contributed by atoms with Gasteiger partial charge in [0.1, 0.15) is 0 Å². The Balaban J connectivity index is 2.21. The summed E-state index contributed by atoms with van der Waals surface area (Å²) in [5, 5.41) is 0. The standard InChI is InChI=1S/C13H20INO2/c1-5-9-8(2)11(14)15-10(9)12-16-6-13(3,4)7-17-12/h12,15H,5-7H2,1-4H3. The van der Waals surface area contributed by atoms with Gasteiger partial charge in [-0.25, -0.2) is 0 Å². The molecule has 0 aliphatic carbocycles. The van der Waals surface area contributed by atoms with Crippen LogP contribution in [0.4, 0.5) is 0 Å². The maximum atomic E-state index is 5.83. The van der Waals surface area contributed by atoms with Gasteiger partial charge in [-0.2, -0.15) is 0 Å². The molecule has 1 N–H and O–H groups in total. The minimum absolute atomic E-state index is 0.123. The van der Waals surface area contributed by atoms with Crippen LogP contribution in [0.1, 0.15) is 43.9 Å². The number of aromatic nitrogens is 1. The molecule has 1 aliphatic heterocycles. The van der Waals surface area contributed by atoms with E-state index in [1.54, 1.807) is 0 Å². The zero-order valence-electron chi connectivity index (χ0n) is 10.9. The smallest absolute Gasteiger partial charge is 0.199 e. The quantitative estimate of drug-likeness (QED) is 0.829. The molecule has 2 heterocycles. The van der Waals surface area contributed by atoms with E-state index in [0.29, 0.717) is 0 Å². The van der Waals surface area contributed by atoms with Crippen molar-refractivity contribution in [1.29, 1.82) is 0 Å². The largest absolute Gasteiger partial charge is 0.349 e. The highest BCUT2D eigenvalue weighted by Crippen LogP contribution is 2.34. The zero-order valence-corrected chi connectivity index (χ0v) is 13.1. The fourth-order valence-electron chi connectivity index (χ4n) is 2.14. The van der Waals surface area contributed by atoms with Gasteiger partial charge in [0.2, 0.25) is 0 Å². The summed E-state index contributed by atoms with van der Waals surface area (Å²) in [5.41, 5.74) is 3.88. The van der Waals surface area contributed by atoms with E-state index in [1.165, 1.54) is 14.8 Å². The van der Waals surface area contributed by atoms with Crippen LogP contribution >= 0.6 is 22.6 Å². The van der Waals surface area contributed by atoms with Crippen molar-refractivity contribution < 1.29 is 9.47 Å². The van der Waals surface area contributed by atoms with Crippen molar-refractivity contribution in [2.24, 2.45) is 5.41 Å². The molecule has 17 heavy (non-hydrogen) atoms. The molecule has 1 fully saturated rings. The number of nitrogens with one attached hydrogen (secondary N) is 1. The average molecular weight is 349 g/mol. The predicted octanol–water partition coefficient (Wildman–Crippen LogP) is 3.56. The summed E-state index contributed by atoms with van der Waals surface area (Å²) in [5.74, 6) is 0. The Kier molecular flexibility index (Phi) is 3.85. The van der Waals surface area contributed by atoms with Crippen LogP contribution in [0.2, 0.25) is 0 Å². The first kappa shape index (κ1) is 13.4. The summed E-state index contributed by atoms with van der Waals surface area (Å²) < 4.78 is 12.9. The van der Waals surface area contributed by atoms with Crippen molar-refractivity contribution >= 4 is 22.6 Å². The second-order valence-corrected chi connectivity index (χ2v) is 6.51. The minimum Gasteiger partial charge on any atom is -0.349 e. The first-order chi connectivity index (χ1) is 7.94. The fraction of sp³-hybridized carbons (Fsp3) is 0.692. The lowest BCUT2D eigenvalue weighted by molar-refractivity contribution is -0.228. The van der Waals surface area contributed by atoms with E-state index in [9.17, 15) is 0 Å². The molecule has 4 heteroatoms. The Labute approximate surface area is 116 Å². The molecular weight excluding hydrogens is 329 g/mol. The monoisotopic (exact) mass is 349 g/mol. The molecule has 96 valence electrons. The SMILES string of the molecule is CCc1c(C2OCC(C)(C)CO2)[nH]c(I)c1C. The molecule has 0 amide bonds. The van der Waals surface area contributed by atoms with Crippen LogP contribution in [-0.2, 0) is 15.9 Å². The van der Waals surface area contributed by atoms with Gasteiger partial charge in [0.25, 0.3) is 0 Å². The second-order valence-electron chi connectivity index (χ2n) is 5.43. The van der Waals surface area contributed by atoms with Gasteiger partial charge in [0, 0.05) is 5.41 Å². The van der Waals surface area contributed by atoms with Gasteiger partial charge in [0.05, 0.1) is 22.6 Å². The second kappa shape index (κ2) is 4.90. The molecule has 3 nitrogen and oxygen atoms in total. The van der Waals surface area contributed by atoms with Gasteiger partial charge in [-0.1, -0.05) is 20.8 Å². The van der Waals surface area contributed by atoms with Crippen LogP contribution in [0.25, 0.3) is 0 Å². The van der Waals surface area contributed by atoms with E-state index < -0.39 is 0 Å². The highest BCUT2D eigenvalue weighted by Gasteiger charge is 2.31. The maximum absolute atomic E-state index is 5.83. The number of hydrogen-bond donors (Lipinski definition) is 1. The van der Waals surface area contributed by atoms with Gasteiger partial charge in [0.15, 0.2) is 6.29 Å². The molecule has 1 aromatic heterocycles. The number of H-pyrrole nitrogens is 1. The third kappa shape index (κ3) is 2.69. The molecule has 1 aromatic rings. The van der Waals surface area contributed by atoms with E-state index in [2.05, 4.69) is 55.3 Å². The van der Waals surface area contributed by atoms with Gasteiger partial charge in [-0.3, -0.25) is 0 Å². The lowest BCUT2D eigenvalue weighted by atomic mass is 9.95. The molecule has 0 radical (unpaired) electrons. The van der Waals surface area contributed by atoms with Crippen LogP contribution in [0, 0.1) is 16.0 Å². The highest BCUT2D eigenvalue weighted by molar-refractivity contribution is 14.1. The average Bonchev–Trinajstić information content (AvgIpc) is 2.55. The van der Waals surface area contributed by atoms with E-state index in [0.717, 1.165) is 25.3 Å². The van der Waals surface area contributed by atoms with Crippen molar-refractivity contribution in [2.75, 3.05) is 13.2 Å². The maximum Gasteiger partial charge on any atom is 0.199 e. The molecule has 2 rings (SSSR count). The molecule has 0 saturated carbocycles. The van der Waals surface area contributed by atoms with Gasteiger partial charge >= 0.3 is 0 Å². The van der Waals surface area contributed by atoms with Crippen LogP contribution < -0.4 is 0 Å². The summed E-state index contributed by atoms with van der Waals surface area (Å²) in [7, 11) is 0. The topological polar surface area (TPSA) is 34.2 Å². The van der Waals surface area contributed by atoms with Crippen molar-refractivity contribution in [3.05, 3.63) is 20.5 Å². The molecule has 0 aromatic carbocycles. The summed E-state index contributed by atoms with van der Waals surface area (Å²) in [6.07, 6.45) is 0.785.